The van der Waals surface area contributed by atoms with Crippen LogP contribution in [0.3, 0.4) is 0 Å². The van der Waals surface area contributed by atoms with Gasteiger partial charge in [-0.2, -0.15) is 5.10 Å². The molecule has 0 aliphatic rings. The molecular weight excluding hydrogens is 369 g/mol. The highest BCUT2D eigenvalue weighted by atomic mass is 35.5. The van der Waals surface area contributed by atoms with Gasteiger partial charge in [-0.3, -0.25) is 4.57 Å². The minimum Gasteiger partial charge on any atom is -0.296 e. The summed E-state index contributed by atoms with van der Waals surface area (Å²) in [5, 5.41) is 8.02. The van der Waals surface area contributed by atoms with Crippen LogP contribution in [0.15, 0.2) is 48.9 Å². The van der Waals surface area contributed by atoms with Gasteiger partial charge in [0.1, 0.15) is 18.0 Å². The topological polar surface area (TPSA) is 43.6 Å². The van der Waals surface area contributed by atoms with E-state index in [9.17, 15) is 8.78 Å². The smallest absolute Gasteiger partial charge is 0.161 e. The van der Waals surface area contributed by atoms with Gasteiger partial charge in [-0.05, 0) is 30.3 Å². The van der Waals surface area contributed by atoms with Crippen molar-refractivity contribution < 1.29 is 8.78 Å². The number of hydrogen-bond acceptors (Lipinski definition) is 3. The Bertz CT molecular complexity index is 1110. The van der Waals surface area contributed by atoms with Gasteiger partial charge in [0.15, 0.2) is 5.15 Å². The van der Waals surface area contributed by atoms with Gasteiger partial charge in [-0.15, -0.1) is 5.10 Å². The molecule has 2 aromatic carbocycles. The molecule has 0 bridgehead atoms. The zero-order valence-corrected chi connectivity index (χ0v) is 13.9. The average molecular weight is 377 g/mol. The molecule has 0 fully saturated rings. The first kappa shape index (κ1) is 15.9. The molecule has 4 rings (SSSR count). The molecule has 0 unspecified atom stereocenters. The summed E-state index contributed by atoms with van der Waals surface area (Å²) in [6, 6.07) is 8.25. The monoisotopic (exact) mass is 376 g/mol. The number of imidazole rings is 1. The Hall–Kier alpha value is -2.57. The van der Waals surface area contributed by atoms with Crippen LogP contribution in [0.4, 0.5) is 8.78 Å². The van der Waals surface area contributed by atoms with Crippen LogP contribution >= 0.6 is 23.2 Å². The van der Waals surface area contributed by atoms with Gasteiger partial charge in [0.2, 0.25) is 0 Å². The second-order valence-electron chi connectivity index (χ2n) is 5.27. The predicted molar refractivity (Wildman–Crippen MR) is 92.0 cm³/mol. The van der Waals surface area contributed by atoms with E-state index >= 15 is 0 Å². The maximum atomic E-state index is 13.4. The first-order valence-corrected chi connectivity index (χ1v) is 7.90. The maximum absolute atomic E-state index is 13.4. The van der Waals surface area contributed by atoms with E-state index in [2.05, 4.69) is 15.2 Å². The number of aromatic nitrogens is 4. The van der Waals surface area contributed by atoms with Crippen molar-refractivity contribution in [3.63, 3.8) is 0 Å². The molecule has 0 aliphatic heterocycles. The van der Waals surface area contributed by atoms with E-state index in [0.29, 0.717) is 27.8 Å². The van der Waals surface area contributed by atoms with Crippen LogP contribution in [0.2, 0.25) is 10.2 Å². The van der Waals surface area contributed by atoms with Crippen molar-refractivity contribution in [3.05, 3.63) is 70.7 Å². The first-order chi connectivity index (χ1) is 12.0. The summed E-state index contributed by atoms with van der Waals surface area (Å²) in [5.74, 6) is -0.845. The molecule has 0 saturated carbocycles. The number of rotatable bonds is 2. The fraction of sp³-hybridized carbons (Fsp3) is 0. The fourth-order valence-electron chi connectivity index (χ4n) is 2.66. The summed E-state index contributed by atoms with van der Waals surface area (Å²) >= 11 is 12.4. The molecule has 4 nitrogen and oxygen atoms in total. The minimum absolute atomic E-state index is 0.106. The quantitative estimate of drug-likeness (QED) is 0.490. The van der Waals surface area contributed by atoms with Crippen LogP contribution in [0.1, 0.15) is 0 Å². The third-order valence-corrected chi connectivity index (χ3v) is 4.33. The van der Waals surface area contributed by atoms with Crippen LogP contribution in [0.5, 0.6) is 0 Å². The number of benzene rings is 2. The predicted octanol–water partition coefficient (Wildman–Crippen LogP) is 5.07. The zero-order valence-electron chi connectivity index (χ0n) is 12.4. The zero-order chi connectivity index (χ0) is 17.6. The normalized spacial score (nSPS) is 11.2. The lowest BCUT2D eigenvalue weighted by atomic mass is 10.1. The van der Waals surface area contributed by atoms with Crippen molar-refractivity contribution in [1.82, 2.24) is 19.7 Å². The van der Waals surface area contributed by atoms with Crippen molar-refractivity contribution in [1.29, 1.82) is 0 Å². The molecule has 0 atom stereocenters. The van der Waals surface area contributed by atoms with Crippen molar-refractivity contribution in [3.8, 4) is 16.8 Å². The summed E-state index contributed by atoms with van der Waals surface area (Å²) in [7, 11) is 0. The van der Waals surface area contributed by atoms with Gasteiger partial charge < -0.3 is 0 Å². The lowest BCUT2D eigenvalue weighted by molar-refractivity contribution is 0.628. The lowest BCUT2D eigenvalue weighted by Crippen LogP contribution is -2.00. The van der Waals surface area contributed by atoms with E-state index in [1.807, 2.05) is 0 Å². The van der Waals surface area contributed by atoms with Crippen molar-refractivity contribution in [2.24, 2.45) is 0 Å². The van der Waals surface area contributed by atoms with Crippen LogP contribution in [-0.2, 0) is 0 Å². The first-order valence-electron chi connectivity index (χ1n) is 7.14. The third-order valence-electron chi connectivity index (χ3n) is 3.76. The minimum atomic E-state index is -0.461. The Kier molecular flexibility index (Phi) is 3.86. The third kappa shape index (κ3) is 2.73. The molecule has 0 spiro atoms. The van der Waals surface area contributed by atoms with Gasteiger partial charge in [0.05, 0.1) is 27.9 Å². The van der Waals surface area contributed by atoms with Gasteiger partial charge in [-0.1, -0.05) is 23.2 Å². The summed E-state index contributed by atoms with van der Waals surface area (Å²) in [6.07, 6.45) is 3.02. The molecule has 0 aliphatic carbocycles. The highest BCUT2D eigenvalue weighted by Crippen LogP contribution is 2.37. The van der Waals surface area contributed by atoms with Gasteiger partial charge in [0.25, 0.3) is 0 Å². The van der Waals surface area contributed by atoms with Crippen LogP contribution in [0.25, 0.3) is 27.8 Å². The molecular formula is C17H8Cl2F2N4. The van der Waals surface area contributed by atoms with E-state index < -0.39 is 5.82 Å². The molecule has 0 saturated heterocycles. The molecule has 4 aromatic rings. The maximum Gasteiger partial charge on any atom is 0.161 e. The molecule has 8 heteroatoms. The molecule has 25 heavy (non-hydrogen) atoms. The standard InChI is InChI=1S/C17H8Cl2F2N4/c18-12-5-9(20)1-3-11(12)16-15(7-23-24-17(16)19)25-8-22-13-6-10(21)2-4-14(13)25/h1-8H. The largest absolute Gasteiger partial charge is 0.296 e. The highest BCUT2D eigenvalue weighted by Gasteiger charge is 2.18. The number of fused-ring (bicyclic) bond motifs is 1. The van der Waals surface area contributed by atoms with Gasteiger partial charge in [0, 0.05) is 17.2 Å². The van der Waals surface area contributed by atoms with Crippen LogP contribution < -0.4 is 0 Å². The average Bonchev–Trinajstić information content (AvgIpc) is 2.98. The van der Waals surface area contributed by atoms with E-state index in [-0.39, 0.29) is 16.0 Å². The van der Waals surface area contributed by atoms with Crippen LogP contribution in [-0.4, -0.2) is 19.7 Å². The summed E-state index contributed by atoms with van der Waals surface area (Å²) in [6.45, 7) is 0. The fourth-order valence-corrected chi connectivity index (χ4v) is 3.16. The van der Waals surface area contributed by atoms with Gasteiger partial charge in [-0.25, -0.2) is 13.8 Å². The lowest BCUT2D eigenvalue weighted by Gasteiger charge is -2.13. The summed E-state index contributed by atoms with van der Waals surface area (Å²) < 4.78 is 28.5. The van der Waals surface area contributed by atoms with Crippen molar-refractivity contribution in [2.45, 2.75) is 0 Å². The molecule has 124 valence electrons. The summed E-state index contributed by atoms with van der Waals surface area (Å²) in [5.41, 5.74) is 2.66. The SMILES string of the molecule is Fc1ccc(-c2c(-n3cnc4cc(F)ccc43)cnnc2Cl)c(Cl)c1. The number of halogens is 4. The number of hydrogen-bond donors (Lipinski definition) is 0. The molecule has 0 amide bonds. The van der Waals surface area contributed by atoms with E-state index in [1.165, 1.54) is 42.9 Å². The molecule has 2 aromatic heterocycles. The van der Waals surface area contributed by atoms with Crippen LogP contribution in [0, 0.1) is 11.6 Å². The Morgan fingerprint density at radius 3 is 2.52 bits per heavy atom. The Labute approximate surface area is 150 Å². The van der Waals surface area contributed by atoms with E-state index in [0.717, 1.165) is 0 Å². The second-order valence-corrected chi connectivity index (χ2v) is 6.03. The van der Waals surface area contributed by atoms with E-state index in [1.54, 1.807) is 10.6 Å². The molecule has 0 radical (unpaired) electrons. The Balaban J connectivity index is 2.01. The van der Waals surface area contributed by atoms with Crippen molar-refractivity contribution in [2.75, 3.05) is 0 Å². The highest BCUT2D eigenvalue weighted by molar-refractivity contribution is 6.36. The number of nitrogens with zero attached hydrogens (tertiary/aromatic N) is 4. The Morgan fingerprint density at radius 2 is 1.72 bits per heavy atom. The van der Waals surface area contributed by atoms with E-state index in [4.69, 9.17) is 23.2 Å². The van der Waals surface area contributed by atoms with Crippen molar-refractivity contribution >= 4 is 34.2 Å². The van der Waals surface area contributed by atoms with Gasteiger partial charge >= 0.3 is 0 Å². The second kappa shape index (κ2) is 6.06. The Morgan fingerprint density at radius 1 is 0.960 bits per heavy atom. The summed E-state index contributed by atoms with van der Waals surface area (Å²) in [4.78, 5) is 4.20. The molecule has 0 N–H and O–H groups in total. The molecule has 2 heterocycles.